The second-order valence-corrected chi connectivity index (χ2v) is 4.54. The number of nitrogens with zero attached hydrogens (tertiary/aromatic N) is 4. The normalized spacial score (nSPS) is 18.5. The summed E-state index contributed by atoms with van der Waals surface area (Å²) in [6.45, 7) is 0. The van der Waals surface area contributed by atoms with Crippen molar-refractivity contribution in [2.24, 2.45) is 0 Å². The number of nitro benzene ring substituents is 1. The first-order chi connectivity index (χ1) is 9.99. The highest BCUT2D eigenvalue weighted by Crippen LogP contribution is 2.30. The Morgan fingerprint density at radius 3 is 2.71 bits per heavy atom. The molecule has 1 atom stereocenters. The van der Waals surface area contributed by atoms with Gasteiger partial charge in [0.15, 0.2) is 5.52 Å². The zero-order valence-electron chi connectivity index (χ0n) is 10.8. The van der Waals surface area contributed by atoms with E-state index in [0.717, 1.165) is 4.90 Å². The van der Waals surface area contributed by atoms with Gasteiger partial charge in [0.2, 0.25) is 11.4 Å². The lowest BCUT2D eigenvalue weighted by atomic mass is 10.2. The summed E-state index contributed by atoms with van der Waals surface area (Å²) in [6, 6.07) is 1.91. The summed E-state index contributed by atoms with van der Waals surface area (Å²) in [7, 11) is 1.40. The largest absolute Gasteiger partial charge is 0.371 e. The van der Waals surface area contributed by atoms with E-state index in [9.17, 15) is 19.7 Å². The first-order valence-electron chi connectivity index (χ1n) is 5.95. The quantitative estimate of drug-likeness (QED) is 0.485. The second kappa shape index (κ2) is 4.51. The zero-order valence-corrected chi connectivity index (χ0v) is 10.8. The molecule has 1 N–H and O–H groups in total. The SMILES string of the molecule is CN1C(=O)CC(Nc2ccc([N+](=O)[O-])c3nonc23)C1=O. The number of amides is 2. The molecule has 1 fully saturated rings. The van der Waals surface area contributed by atoms with Crippen LogP contribution in [0.5, 0.6) is 0 Å². The van der Waals surface area contributed by atoms with Crippen molar-refractivity contribution >= 4 is 34.2 Å². The molecule has 0 spiro atoms. The Hall–Kier alpha value is -3.04. The van der Waals surface area contributed by atoms with E-state index in [1.165, 1.54) is 19.2 Å². The Balaban J connectivity index is 1.98. The molecule has 0 saturated carbocycles. The van der Waals surface area contributed by atoms with Gasteiger partial charge in [-0.3, -0.25) is 24.6 Å². The third-order valence-electron chi connectivity index (χ3n) is 3.30. The summed E-state index contributed by atoms with van der Waals surface area (Å²) in [6.07, 6.45) is 0.0130. The number of hydrogen-bond acceptors (Lipinski definition) is 8. The number of carbonyl (C=O) groups excluding carboxylic acids is 2. The van der Waals surface area contributed by atoms with Crippen LogP contribution >= 0.6 is 0 Å². The van der Waals surface area contributed by atoms with Gasteiger partial charge in [-0.1, -0.05) is 0 Å². The number of hydrogen-bond donors (Lipinski definition) is 1. The maximum absolute atomic E-state index is 11.8. The molecule has 1 aliphatic rings. The van der Waals surface area contributed by atoms with Crippen LogP contribution in [0.2, 0.25) is 0 Å². The van der Waals surface area contributed by atoms with Crippen LogP contribution in [-0.4, -0.2) is 45.0 Å². The van der Waals surface area contributed by atoms with Gasteiger partial charge in [0.1, 0.15) is 6.04 Å². The van der Waals surface area contributed by atoms with Crippen molar-refractivity contribution in [2.45, 2.75) is 12.5 Å². The van der Waals surface area contributed by atoms with Crippen molar-refractivity contribution in [3.63, 3.8) is 0 Å². The molecular formula is C11H9N5O5. The molecule has 1 aromatic heterocycles. The fourth-order valence-electron chi connectivity index (χ4n) is 2.17. The van der Waals surface area contributed by atoms with E-state index in [2.05, 4.69) is 20.3 Å². The van der Waals surface area contributed by atoms with Crippen molar-refractivity contribution in [1.29, 1.82) is 0 Å². The van der Waals surface area contributed by atoms with E-state index in [1.807, 2.05) is 0 Å². The maximum atomic E-state index is 11.8. The van der Waals surface area contributed by atoms with Crippen LogP contribution in [0.15, 0.2) is 16.8 Å². The van der Waals surface area contributed by atoms with Crippen molar-refractivity contribution < 1.29 is 19.1 Å². The smallest absolute Gasteiger partial charge is 0.300 e. The Bertz CT molecular complexity index is 769. The molecule has 1 unspecified atom stereocenters. The molecule has 10 nitrogen and oxygen atoms in total. The number of nitrogens with one attached hydrogen (secondary N) is 1. The minimum absolute atomic E-state index is 0.0130. The Labute approximate surface area is 116 Å². The molecule has 2 amide bonds. The summed E-state index contributed by atoms with van der Waals surface area (Å²) in [4.78, 5) is 34.6. The summed E-state index contributed by atoms with van der Waals surface area (Å²) < 4.78 is 4.52. The molecule has 21 heavy (non-hydrogen) atoms. The van der Waals surface area contributed by atoms with Gasteiger partial charge in [-0.15, -0.1) is 0 Å². The summed E-state index contributed by atoms with van der Waals surface area (Å²) >= 11 is 0. The number of aromatic nitrogens is 2. The average Bonchev–Trinajstić information content (AvgIpc) is 3.01. The predicted octanol–water partition coefficient (Wildman–Crippen LogP) is 0.300. The zero-order chi connectivity index (χ0) is 15.1. The molecule has 2 aromatic rings. The fourth-order valence-corrected chi connectivity index (χ4v) is 2.17. The van der Waals surface area contributed by atoms with E-state index in [1.54, 1.807) is 0 Å². The van der Waals surface area contributed by atoms with Crippen LogP contribution in [0.3, 0.4) is 0 Å². The van der Waals surface area contributed by atoms with Crippen LogP contribution < -0.4 is 5.32 Å². The van der Waals surface area contributed by atoms with Crippen molar-refractivity contribution in [1.82, 2.24) is 15.2 Å². The van der Waals surface area contributed by atoms with Gasteiger partial charge in [-0.05, 0) is 16.4 Å². The number of non-ortho nitro benzene ring substituents is 1. The number of anilines is 1. The number of likely N-dealkylation sites (tertiary alicyclic amines) is 1. The van der Waals surface area contributed by atoms with Gasteiger partial charge >= 0.3 is 5.69 Å². The number of carbonyl (C=O) groups is 2. The van der Waals surface area contributed by atoms with E-state index < -0.39 is 11.0 Å². The molecule has 10 heteroatoms. The van der Waals surface area contributed by atoms with Gasteiger partial charge in [0.05, 0.1) is 17.0 Å². The van der Waals surface area contributed by atoms with Crippen LogP contribution in [0.1, 0.15) is 6.42 Å². The highest BCUT2D eigenvalue weighted by atomic mass is 16.6. The van der Waals surface area contributed by atoms with Crippen molar-refractivity contribution in [3.8, 4) is 0 Å². The molecule has 108 valence electrons. The van der Waals surface area contributed by atoms with Gasteiger partial charge in [-0.25, -0.2) is 4.63 Å². The molecule has 1 aliphatic heterocycles. The topological polar surface area (TPSA) is 131 Å². The first kappa shape index (κ1) is 13.0. The first-order valence-corrected chi connectivity index (χ1v) is 5.95. The Kier molecular flexibility index (Phi) is 2.78. The average molecular weight is 291 g/mol. The van der Waals surface area contributed by atoms with Crippen LogP contribution in [-0.2, 0) is 9.59 Å². The second-order valence-electron chi connectivity index (χ2n) is 4.54. The van der Waals surface area contributed by atoms with E-state index in [4.69, 9.17) is 0 Å². The Morgan fingerprint density at radius 1 is 1.38 bits per heavy atom. The number of rotatable bonds is 3. The van der Waals surface area contributed by atoms with Crippen LogP contribution in [0.25, 0.3) is 11.0 Å². The van der Waals surface area contributed by atoms with Crippen LogP contribution in [0.4, 0.5) is 11.4 Å². The molecule has 0 aliphatic carbocycles. The van der Waals surface area contributed by atoms with E-state index in [0.29, 0.717) is 5.69 Å². The van der Waals surface area contributed by atoms with Crippen molar-refractivity contribution in [3.05, 3.63) is 22.2 Å². The number of imide groups is 1. The number of fused-ring (bicyclic) bond motifs is 1. The van der Waals surface area contributed by atoms with E-state index >= 15 is 0 Å². The number of nitro groups is 1. The lowest BCUT2D eigenvalue weighted by Gasteiger charge is -2.12. The lowest BCUT2D eigenvalue weighted by molar-refractivity contribution is -0.383. The van der Waals surface area contributed by atoms with Gasteiger partial charge < -0.3 is 5.32 Å². The van der Waals surface area contributed by atoms with Gasteiger partial charge in [0, 0.05) is 13.1 Å². The third kappa shape index (κ3) is 1.96. The van der Waals surface area contributed by atoms with Gasteiger partial charge in [0.25, 0.3) is 5.91 Å². The summed E-state index contributed by atoms with van der Waals surface area (Å²) in [5.74, 6) is -0.670. The molecule has 0 bridgehead atoms. The molecule has 3 rings (SSSR count). The lowest BCUT2D eigenvalue weighted by Crippen LogP contribution is -2.31. The predicted molar refractivity (Wildman–Crippen MR) is 68.3 cm³/mol. The highest BCUT2D eigenvalue weighted by molar-refractivity contribution is 6.07. The van der Waals surface area contributed by atoms with E-state index in [-0.39, 0.29) is 35.0 Å². The number of likely N-dealkylation sites (N-methyl/N-ethyl adjacent to an activating group) is 1. The highest BCUT2D eigenvalue weighted by Gasteiger charge is 2.36. The molecule has 1 saturated heterocycles. The van der Waals surface area contributed by atoms with Crippen LogP contribution in [0, 0.1) is 10.1 Å². The molecular weight excluding hydrogens is 282 g/mol. The van der Waals surface area contributed by atoms with Crippen molar-refractivity contribution in [2.75, 3.05) is 12.4 Å². The van der Waals surface area contributed by atoms with Gasteiger partial charge in [-0.2, -0.15) is 0 Å². The summed E-state index contributed by atoms with van der Waals surface area (Å²) in [5.41, 5.74) is 0.218. The minimum Gasteiger partial charge on any atom is -0.371 e. The summed E-state index contributed by atoms with van der Waals surface area (Å²) in [5, 5.41) is 20.8. The minimum atomic E-state index is -0.733. The molecule has 2 heterocycles. The number of benzene rings is 1. The fraction of sp³-hybridized carbons (Fsp3) is 0.273. The monoisotopic (exact) mass is 291 g/mol. The molecule has 0 radical (unpaired) electrons. The maximum Gasteiger partial charge on any atom is 0.300 e. The standard InChI is InChI=1S/C11H9N5O5/c1-15-8(17)4-6(11(15)18)12-5-2-3-7(16(19)20)10-9(5)13-21-14-10/h2-3,6,12H,4H2,1H3. The Morgan fingerprint density at radius 2 is 2.10 bits per heavy atom. The third-order valence-corrected chi connectivity index (χ3v) is 3.30. The molecule has 1 aromatic carbocycles.